The first-order chi connectivity index (χ1) is 10.5. The van der Waals surface area contributed by atoms with Crippen molar-refractivity contribution in [1.29, 1.82) is 0 Å². The molecule has 2 unspecified atom stereocenters. The van der Waals surface area contributed by atoms with Crippen molar-refractivity contribution in [2.75, 3.05) is 26.7 Å². The van der Waals surface area contributed by atoms with Crippen molar-refractivity contribution in [3.63, 3.8) is 0 Å². The normalized spacial score (nSPS) is 26.2. The number of likely N-dealkylation sites (tertiary alicyclic amines) is 1. The van der Waals surface area contributed by atoms with Gasteiger partial charge < -0.3 is 14.9 Å². The number of piperidine rings is 1. The molecule has 2 rings (SSSR count). The second-order valence-corrected chi connectivity index (χ2v) is 7.02. The lowest BCUT2D eigenvalue weighted by atomic mass is 9.92. The van der Waals surface area contributed by atoms with Crippen molar-refractivity contribution in [2.24, 2.45) is 11.8 Å². The van der Waals surface area contributed by atoms with Crippen LogP contribution in [0.15, 0.2) is 0 Å². The Balaban J connectivity index is 1.66. The minimum absolute atomic E-state index is 0.157. The summed E-state index contributed by atoms with van der Waals surface area (Å²) in [6, 6.07) is 0. The summed E-state index contributed by atoms with van der Waals surface area (Å²) in [5, 5.41) is 9.85. The SMILES string of the molecule is CC(=O)N1CCC(CCC(=O)N(C)CC2CCCC2O)CC1. The van der Waals surface area contributed by atoms with Gasteiger partial charge in [0.15, 0.2) is 0 Å². The van der Waals surface area contributed by atoms with E-state index < -0.39 is 0 Å². The first-order valence-electron chi connectivity index (χ1n) is 8.65. The van der Waals surface area contributed by atoms with E-state index in [1.54, 1.807) is 11.8 Å². The number of aliphatic hydroxyl groups excluding tert-OH is 1. The number of carbonyl (C=O) groups is 2. The van der Waals surface area contributed by atoms with Gasteiger partial charge in [0.25, 0.3) is 0 Å². The molecule has 2 atom stereocenters. The third-order valence-electron chi connectivity index (χ3n) is 5.38. The van der Waals surface area contributed by atoms with Crippen molar-refractivity contribution < 1.29 is 14.7 Å². The number of rotatable bonds is 5. The van der Waals surface area contributed by atoms with Crippen LogP contribution in [-0.4, -0.2) is 59.5 Å². The standard InChI is InChI=1S/C17H30N2O3/c1-13(20)19-10-8-14(9-11-19)6-7-17(22)18(2)12-15-4-3-5-16(15)21/h14-16,21H,3-12H2,1-2H3. The third-order valence-corrected chi connectivity index (χ3v) is 5.38. The Morgan fingerprint density at radius 3 is 2.41 bits per heavy atom. The zero-order valence-electron chi connectivity index (χ0n) is 14.0. The fourth-order valence-electron chi connectivity index (χ4n) is 3.74. The summed E-state index contributed by atoms with van der Waals surface area (Å²) >= 11 is 0. The lowest BCUT2D eigenvalue weighted by Gasteiger charge is -2.31. The molecule has 1 aliphatic heterocycles. The first-order valence-corrected chi connectivity index (χ1v) is 8.65. The fourth-order valence-corrected chi connectivity index (χ4v) is 3.74. The van der Waals surface area contributed by atoms with Crippen molar-refractivity contribution in [3.05, 3.63) is 0 Å². The third kappa shape index (κ3) is 4.70. The zero-order valence-corrected chi connectivity index (χ0v) is 14.0. The topological polar surface area (TPSA) is 60.9 Å². The van der Waals surface area contributed by atoms with Crippen LogP contribution in [0.2, 0.25) is 0 Å². The van der Waals surface area contributed by atoms with E-state index in [9.17, 15) is 14.7 Å². The van der Waals surface area contributed by atoms with Gasteiger partial charge in [-0.05, 0) is 38.0 Å². The molecule has 2 amide bonds. The van der Waals surface area contributed by atoms with Gasteiger partial charge in [-0.15, -0.1) is 0 Å². The van der Waals surface area contributed by atoms with Crippen LogP contribution in [0.3, 0.4) is 0 Å². The number of amides is 2. The predicted molar refractivity (Wildman–Crippen MR) is 85.2 cm³/mol. The molecule has 1 aliphatic carbocycles. The van der Waals surface area contributed by atoms with Gasteiger partial charge in [-0.25, -0.2) is 0 Å². The van der Waals surface area contributed by atoms with E-state index in [0.717, 1.165) is 51.6 Å². The van der Waals surface area contributed by atoms with Crippen LogP contribution in [0.5, 0.6) is 0 Å². The summed E-state index contributed by atoms with van der Waals surface area (Å²) < 4.78 is 0. The average Bonchev–Trinajstić information content (AvgIpc) is 2.90. The Hall–Kier alpha value is -1.10. The molecule has 126 valence electrons. The molecule has 1 saturated heterocycles. The highest BCUT2D eigenvalue weighted by Gasteiger charge is 2.28. The van der Waals surface area contributed by atoms with Crippen LogP contribution in [0.25, 0.3) is 0 Å². The Morgan fingerprint density at radius 2 is 1.86 bits per heavy atom. The molecular formula is C17H30N2O3. The lowest BCUT2D eigenvalue weighted by Crippen LogP contribution is -2.38. The number of nitrogens with zero attached hydrogens (tertiary/aromatic N) is 2. The van der Waals surface area contributed by atoms with Crippen LogP contribution < -0.4 is 0 Å². The molecule has 2 aliphatic rings. The minimum Gasteiger partial charge on any atom is -0.393 e. The number of carbonyl (C=O) groups excluding carboxylic acids is 2. The highest BCUT2D eigenvalue weighted by Crippen LogP contribution is 2.27. The predicted octanol–water partition coefficient (Wildman–Crippen LogP) is 1.64. The van der Waals surface area contributed by atoms with Crippen molar-refractivity contribution in [3.8, 4) is 0 Å². The van der Waals surface area contributed by atoms with Gasteiger partial charge in [-0.3, -0.25) is 9.59 Å². The number of hydrogen-bond donors (Lipinski definition) is 1. The largest absolute Gasteiger partial charge is 0.393 e. The molecule has 2 fully saturated rings. The molecule has 5 nitrogen and oxygen atoms in total. The quantitative estimate of drug-likeness (QED) is 0.840. The molecule has 0 radical (unpaired) electrons. The maximum absolute atomic E-state index is 12.2. The Labute approximate surface area is 133 Å². The van der Waals surface area contributed by atoms with Gasteiger partial charge in [0.1, 0.15) is 0 Å². The first kappa shape index (κ1) is 17.3. The molecule has 0 aromatic carbocycles. The van der Waals surface area contributed by atoms with Gasteiger partial charge >= 0.3 is 0 Å². The Bertz CT molecular complexity index is 391. The molecule has 5 heteroatoms. The molecular weight excluding hydrogens is 280 g/mol. The van der Waals surface area contributed by atoms with Crippen LogP contribution in [0.4, 0.5) is 0 Å². The van der Waals surface area contributed by atoms with Crippen molar-refractivity contribution in [2.45, 2.75) is 58.0 Å². The van der Waals surface area contributed by atoms with Crippen LogP contribution >= 0.6 is 0 Å². The van der Waals surface area contributed by atoms with Crippen LogP contribution in [0.1, 0.15) is 51.9 Å². The lowest BCUT2D eigenvalue weighted by molar-refractivity contribution is -0.132. The summed E-state index contributed by atoms with van der Waals surface area (Å²) in [7, 11) is 1.85. The van der Waals surface area contributed by atoms with E-state index in [0.29, 0.717) is 18.9 Å². The minimum atomic E-state index is -0.230. The van der Waals surface area contributed by atoms with Crippen molar-refractivity contribution >= 4 is 11.8 Å². The molecule has 0 bridgehead atoms. The second-order valence-electron chi connectivity index (χ2n) is 7.02. The van der Waals surface area contributed by atoms with E-state index >= 15 is 0 Å². The highest BCUT2D eigenvalue weighted by atomic mass is 16.3. The van der Waals surface area contributed by atoms with Gasteiger partial charge in [0.05, 0.1) is 6.10 Å². The summed E-state index contributed by atoms with van der Waals surface area (Å²) in [5.74, 6) is 1.16. The smallest absolute Gasteiger partial charge is 0.222 e. The molecule has 22 heavy (non-hydrogen) atoms. The van der Waals surface area contributed by atoms with Crippen molar-refractivity contribution in [1.82, 2.24) is 9.80 Å². The maximum Gasteiger partial charge on any atom is 0.222 e. The van der Waals surface area contributed by atoms with Crippen LogP contribution in [-0.2, 0) is 9.59 Å². The van der Waals surface area contributed by atoms with Gasteiger partial charge in [-0.2, -0.15) is 0 Å². The fraction of sp³-hybridized carbons (Fsp3) is 0.882. The molecule has 1 N–H and O–H groups in total. The highest BCUT2D eigenvalue weighted by molar-refractivity contribution is 5.76. The average molecular weight is 310 g/mol. The molecule has 1 saturated carbocycles. The number of hydrogen-bond acceptors (Lipinski definition) is 3. The summed E-state index contributed by atoms with van der Waals surface area (Å²) in [5.41, 5.74) is 0. The molecule has 0 aromatic heterocycles. The second kappa shape index (κ2) is 7.95. The van der Waals surface area contributed by atoms with E-state index in [2.05, 4.69) is 0 Å². The summed E-state index contributed by atoms with van der Waals surface area (Å²) in [6.07, 6.45) is 6.28. The van der Waals surface area contributed by atoms with Gasteiger partial charge in [0.2, 0.25) is 11.8 Å². The van der Waals surface area contributed by atoms with E-state index in [1.807, 2.05) is 11.9 Å². The van der Waals surface area contributed by atoms with E-state index in [-0.39, 0.29) is 23.8 Å². The maximum atomic E-state index is 12.2. The molecule has 0 aromatic rings. The summed E-state index contributed by atoms with van der Waals surface area (Å²) in [4.78, 5) is 27.2. The number of aliphatic hydroxyl groups is 1. The molecule has 1 heterocycles. The van der Waals surface area contributed by atoms with Crippen LogP contribution in [0, 0.1) is 11.8 Å². The Morgan fingerprint density at radius 1 is 1.18 bits per heavy atom. The Kier molecular flexibility index (Phi) is 6.24. The van der Waals surface area contributed by atoms with E-state index in [4.69, 9.17) is 0 Å². The van der Waals surface area contributed by atoms with E-state index in [1.165, 1.54) is 0 Å². The zero-order chi connectivity index (χ0) is 16.1. The van der Waals surface area contributed by atoms with Gasteiger partial charge in [0, 0.05) is 45.9 Å². The molecule has 0 spiro atoms. The summed E-state index contributed by atoms with van der Waals surface area (Å²) in [6.45, 7) is 3.97. The monoisotopic (exact) mass is 310 g/mol. The van der Waals surface area contributed by atoms with Gasteiger partial charge in [-0.1, -0.05) is 6.42 Å².